The third-order valence-corrected chi connectivity index (χ3v) is 5.48. The maximum absolute atomic E-state index is 14.5. The van der Waals surface area contributed by atoms with E-state index < -0.39 is 17.8 Å². The van der Waals surface area contributed by atoms with E-state index in [0.717, 1.165) is 16.7 Å². The van der Waals surface area contributed by atoms with Crippen LogP contribution in [0.2, 0.25) is 0 Å². The third-order valence-electron chi connectivity index (χ3n) is 5.48. The normalized spacial score (nSPS) is 11.5. The molecule has 178 valence electrons. The first-order chi connectivity index (χ1) is 16.4. The van der Waals surface area contributed by atoms with Crippen molar-refractivity contribution in [2.75, 3.05) is 13.2 Å². The number of aryl methyl sites for hydroxylation is 2. The Morgan fingerprint density at radius 2 is 1.62 bits per heavy atom. The van der Waals surface area contributed by atoms with Gasteiger partial charge in [-0.15, -0.1) is 0 Å². The zero-order valence-corrected chi connectivity index (χ0v) is 19.9. The predicted molar refractivity (Wildman–Crippen MR) is 131 cm³/mol. The fourth-order valence-electron chi connectivity index (χ4n) is 3.90. The summed E-state index contributed by atoms with van der Waals surface area (Å²) in [6.07, 6.45) is 0.302. The number of amides is 2. The number of hydrogen-bond donors (Lipinski definition) is 1. The lowest BCUT2D eigenvalue weighted by atomic mass is 10.0. The molecule has 0 aliphatic rings. The molecule has 0 radical (unpaired) electrons. The lowest BCUT2D eigenvalue weighted by molar-refractivity contribution is -0.142. The molecule has 34 heavy (non-hydrogen) atoms. The summed E-state index contributed by atoms with van der Waals surface area (Å²) in [6, 6.07) is 20.7. The molecular weight excluding hydrogens is 431 g/mol. The van der Waals surface area contributed by atoms with Crippen LogP contribution in [-0.4, -0.2) is 35.9 Å². The second-order valence-electron chi connectivity index (χ2n) is 8.33. The molecular formula is C28H31FN2O3. The molecule has 3 aromatic rings. The number of nitrogens with one attached hydrogen (secondary N) is 1. The predicted octanol–water partition coefficient (Wildman–Crippen LogP) is 4.60. The number of carbonyl (C=O) groups excluding carboxylic acids is 2. The Labute approximate surface area is 200 Å². The lowest BCUT2D eigenvalue weighted by Crippen LogP contribution is -2.51. The molecule has 2 amide bonds. The average Bonchev–Trinajstić information content (AvgIpc) is 2.81. The molecule has 1 N–H and O–H groups in total. The monoisotopic (exact) mass is 462 g/mol. The number of likely N-dealkylation sites (N-methyl/N-ethyl adjacent to an activating group) is 1. The van der Waals surface area contributed by atoms with Crippen molar-refractivity contribution in [2.24, 2.45) is 0 Å². The summed E-state index contributed by atoms with van der Waals surface area (Å²) in [6.45, 7) is 5.85. The van der Waals surface area contributed by atoms with Gasteiger partial charge in [0, 0.05) is 25.1 Å². The van der Waals surface area contributed by atoms with Gasteiger partial charge in [-0.2, -0.15) is 0 Å². The number of rotatable bonds is 10. The van der Waals surface area contributed by atoms with E-state index >= 15 is 0 Å². The van der Waals surface area contributed by atoms with Crippen LogP contribution in [0.25, 0.3) is 0 Å². The minimum atomic E-state index is -0.822. The molecule has 0 aliphatic heterocycles. The van der Waals surface area contributed by atoms with Gasteiger partial charge in [0.2, 0.25) is 5.91 Å². The van der Waals surface area contributed by atoms with Gasteiger partial charge >= 0.3 is 0 Å². The van der Waals surface area contributed by atoms with Crippen LogP contribution in [0.3, 0.4) is 0 Å². The Morgan fingerprint density at radius 1 is 0.971 bits per heavy atom. The third kappa shape index (κ3) is 6.91. The molecule has 0 aliphatic carbocycles. The van der Waals surface area contributed by atoms with E-state index in [1.54, 1.807) is 18.2 Å². The highest BCUT2D eigenvalue weighted by atomic mass is 19.1. The van der Waals surface area contributed by atoms with E-state index in [2.05, 4.69) is 5.32 Å². The minimum absolute atomic E-state index is 0.0453. The van der Waals surface area contributed by atoms with Crippen LogP contribution in [-0.2, 0) is 22.6 Å². The number of nitrogens with zero attached hydrogens (tertiary/aromatic N) is 1. The summed E-state index contributed by atoms with van der Waals surface area (Å²) in [5, 5.41) is 2.82. The van der Waals surface area contributed by atoms with Gasteiger partial charge in [-0.25, -0.2) is 4.39 Å². The highest BCUT2D eigenvalue weighted by Gasteiger charge is 2.31. The van der Waals surface area contributed by atoms with E-state index in [-0.39, 0.29) is 19.1 Å². The van der Waals surface area contributed by atoms with Gasteiger partial charge in [0.25, 0.3) is 5.91 Å². The summed E-state index contributed by atoms with van der Waals surface area (Å²) in [7, 11) is 0. The number of hydrogen-bond acceptors (Lipinski definition) is 3. The van der Waals surface area contributed by atoms with Gasteiger partial charge in [0.15, 0.2) is 6.61 Å². The molecule has 0 fully saturated rings. The summed E-state index contributed by atoms with van der Waals surface area (Å²) >= 11 is 0. The first kappa shape index (κ1) is 25.0. The molecule has 0 saturated carbocycles. The Morgan fingerprint density at radius 3 is 2.26 bits per heavy atom. The van der Waals surface area contributed by atoms with E-state index in [4.69, 9.17) is 4.74 Å². The van der Waals surface area contributed by atoms with Crippen LogP contribution in [0, 0.1) is 19.7 Å². The molecule has 0 saturated heterocycles. The molecule has 0 spiro atoms. The topological polar surface area (TPSA) is 58.6 Å². The van der Waals surface area contributed by atoms with Crippen LogP contribution < -0.4 is 10.1 Å². The number of halogens is 1. The van der Waals surface area contributed by atoms with E-state index in [1.807, 2.05) is 69.3 Å². The second-order valence-corrected chi connectivity index (χ2v) is 8.33. The first-order valence-corrected chi connectivity index (χ1v) is 11.4. The summed E-state index contributed by atoms with van der Waals surface area (Å²) in [5.41, 5.74) is 3.29. The lowest BCUT2D eigenvalue weighted by Gasteiger charge is -2.31. The number of benzene rings is 3. The highest BCUT2D eigenvalue weighted by molar-refractivity contribution is 5.88. The van der Waals surface area contributed by atoms with Crippen molar-refractivity contribution in [2.45, 2.75) is 39.8 Å². The molecule has 1 unspecified atom stereocenters. The average molecular weight is 463 g/mol. The van der Waals surface area contributed by atoms with Crippen molar-refractivity contribution in [3.05, 3.63) is 101 Å². The van der Waals surface area contributed by atoms with Crippen LogP contribution in [0.1, 0.15) is 29.2 Å². The van der Waals surface area contributed by atoms with E-state index in [0.29, 0.717) is 24.3 Å². The second kappa shape index (κ2) is 12.0. The summed E-state index contributed by atoms with van der Waals surface area (Å²) in [4.78, 5) is 27.9. The Balaban J connectivity index is 1.91. The Kier molecular flexibility index (Phi) is 8.79. The van der Waals surface area contributed by atoms with E-state index in [9.17, 15) is 14.0 Å². The highest BCUT2D eigenvalue weighted by Crippen LogP contribution is 2.19. The molecule has 0 bridgehead atoms. The molecule has 0 heterocycles. The van der Waals surface area contributed by atoms with Crippen molar-refractivity contribution in [3.63, 3.8) is 0 Å². The molecule has 0 aromatic heterocycles. The smallest absolute Gasteiger partial charge is 0.261 e. The van der Waals surface area contributed by atoms with Gasteiger partial charge in [-0.3, -0.25) is 9.59 Å². The van der Waals surface area contributed by atoms with Gasteiger partial charge in [0.05, 0.1) is 0 Å². The number of ether oxygens (including phenoxy) is 1. The minimum Gasteiger partial charge on any atom is -0.484 e. The van der Waals surface area contributed by atoms with Crippen LogP contribution >= 0.6 is 0 Å². The molecule has 1 atom stereocenters. The van der Waals surface area contributed by atoms with Gasteiger partial charge in [-0.05, 0) is 55.7 Å². The molecule has 3 rings (SSSR count). The first-order valence-electron chi connectivity index (χ1n) is 11.4. The Hall–Kier alpha value is -3.67. The van der Waals surface area contributed by atoms with Crippen LogP contribution in [0.15, 0.2) is 72.8 Å². The van der Waals surface area contributed by atoms with Crippen molar-refractivity contribution in [1.82, 2.24) is 10.2 Å². The zero-order valence-electron chi connectivity index (χ0n) is 19.9. The van der Waals surface area contributed by atoms with Gasteiger partial charge in [-0.1, -0.05) is 54.6 Å². The van der Waals surface area contributed by atoms with Gasteiger partial charge in [0.1, 0.15) is 17.6 Å². The van der Waals surface area contributed by atoms with Crippen molar-refractivity contribution in [1.29, 1.82) is 0 Å². The van der Waals surface area contributed by atoms with Gasteiger partial charge < -0.3 is 15.0 Å². The quantitative estimate of drug-likeness (QED) is 0.479. The Bertz CT molecular complexity index is 1100. The standard InChI is InChI=1S/C28H31FN2O3/c1-4-30-28(33)26(17-22-10-6-5-7-11-22)31(18-23-12-8-9-13-25(23)29)27(32)19-34-24-15-20(2)14-21(3)16-24/h5-16,26H,4,17-19H2,1-3H3,(H,30,33). The van der Waals surface area contributed by atoms with Crippen molar-refractivity contribution >= 4 is 11.8 Å². The van der Waals surface area contributed by atoms with Crippen molar-refractivity contribution in [3.8, 4) is 5.75 Å². The maximum atomic E-state index is 14.5. The summed E-state index contributed by atoms with van der Waals surface area (Å²) < 4.78 is 20.3. The molecule has 3 aromatic carbocycles. The van der Waals surface area contributed by atoms with Crippen molar-refractivity contribution < 1.29 is 18.7 Å². The zero-order chi connectivity index (χ0) is 24.5. The SMILES string of the molecule is CCNC(=O)C(Cc1ccccc1)N(Cc1ccccc1F)C(=O)COc1cc(C)cc(C)c1. The number of carbonyl (C=O) groups is 2. The maximum Gasteiger partial charge on any atom is 0.261 e. The fourth-order valence-corrected chi connectivity index (χ4v) is 3.90. The van der Waals surface area contributed by atoms with E-state index in [1.165, 1.54) is 11.0 Å². The van der Waals surface area contributed by atoms with Crippen LogP contribution in [0.4, 0.5) is 4.39 Å². The van der Waals surface area contributed by atoms with Crippen LogP contribution in [0.5, 0.6) is 5.75 Å². The fraction of sp³-hybridized carbons (Fsp3) is 0.286. The largest absolute Gasteiger partial charge is 0.484 e. The summed E-state index contributed by atoms with van der Waals surface area (Å²) in [5.74, 6) is -0.531. The molecule has 5 nitrogen and oxygen atoms in total. The molecule has 6 heteroatoms.